The fourth-order valence-electron chi connectivity index (χ4n) is 5.78. The van der Waals surface area contributed by atoms with Gasteiger partial charge in [-0.3, -0.25) is 0 Å². The largest absolute Gasteiger partial charge is 0.352 e. The van der Waals surface area contributed by atoms with E-state index < -0.39 is 0 Å². The van der Waals surface area contributed by atoms with Crippen LogP contribution in [0.2, 0.25) is 0 Å². The van der Waals surface area contributed by atoms with Crippen molar-refractivity contribution in [2.75, 3.05) is 52.9 Å². The number of rotatable bonds is 15. The summed E-state index contributed by atoms with van der Waals surface area (Å²) in [5, 5.41) is 0. The van der Waals surface area contributed by atoms with Gasteiger partial charge in [0.2, 0.25) is 0 Å². The average Bonchev–Trinajstić information content (AvgIpc) is 3.01. The van der Waals surface area contributed by atoms with Crippen LogP contribution < -0.4 is 0 Å². The summed E-state index contributed by atoms with van der Waals surface area (Å²) >= 11 is 0. The third-order valence-electron chi connectivity index (χ3n) is 8.48. The summed E-state index contributed by atoms with van der Waals surface area (Å²) in [6.45, 7) is 15.4. The van der Waals surface area contributed by atoms with Crippen molar-refractivity contribution in [2.45, 2.75) is 136 Å². The molecule has 4 saturated heterocycles. The SMILES string of the molecule is CCCC1COC(CCC2COC(CCC)OC2)OC1.CCCCC1COC(CCC2COC(CCC)OC2)OC1. The molecule has 0 saturated carbocycles. The van der Waals surface area contributed by atoms with Crippen molar-refractivity contribution in [3.8, 4) is 0 Å². The van der Waals surface area contributed by atoms with Gasteiger partial charge in [-0.05, 0) is 51.4 Å². The molecule has 0 atom stereocenters. The summed E-state index contributed by atoms with van der Waals surface area (Å²) in [6, 6.07) is 0. The molecule has 0 aliphatic carbocycles. The third kappa shape index (κ3) is 14.3. The highest BCUT2D eigenvalue weighted by Gasteiger charge is 2.27. The molecule has 8 heteroatoms. The van der Waals surface area contributed by atoms with Crippen LogP contribution in [0.15, 0.2) is 0 Å². The van der Waals surface area contributed by atoms with Crippen molar-refractivity contribution < 1.29 is 37.9 Å². The van der Waals surface area contributed by atoms with Gasteiger partial charge in [-0.25, -0.2) is 0 Å². The summed E-state index contributed by atoms with van der Waals surface area (Å²) in [7, 11) is 0. The molecule has 41 heavy (non-hydrogen) atoms. The Bertz CT molecular complexity index is 578. The maximum absolute atomic E-state index is 5.83. The number of hydrogen-bond donors (Lipinski definition) is 0. The van der Waals surface area contributed by atoms with E-state index in [1.165, 1.54) is 32.1 Å². The molecule has 0 amide bonds. The molecule has 0 aromatic heterocycles. The highest BCUT2D eigenvalue weighted by Crippen LogP contribution is 2.25. The Morgan fingerprint density at radius 1 is 0.317 bits per heavy atom. The molecular weight excluding hydrogens is 524 g/mol. The van der Waals surface area contributed by atoms with Crippen LogP contribution in [0.1, 0.15) is 111 Å². The van der Waals surface area contributed by atoms with Crippen molar-refractivity contribution in [3.63, 3.8) is 0 Å². The van der Waals surface area contributed by atoms with E-state index in [1.807, 2.05) is 0 Å². The van der Waals surface area contributed by atoms with Gasteiger partial charge in [-0.15, -0.1) is 0 Å². The first-order valence-electron chi connectivity index (χ1n) is 17.1. The molecule has 8 nitrogen and oxygen atoms in total. The molecule has 4 heterocycles. The van der Waals surface area contributed by atoms with Gasteiger partial charge in [0.25, 0.3) is 0 Å². The fourth-order valence-corrected chi connectivity index (χ4v) is 5.78. The molecule has 0 aromatic carbocycles. The molecular formula is C33H62O8. The van der Waals surface area contributed by atoms with Crippen LogP contribution in [0.5, 0.6) is 0 Å². The standard InChI is InChI=1S/C17H32O4.C16H30O4/c1-3-5-7-14-10-20-17(21-11-14)9-8-15-12-18-16(6-4-2)19-13-15;1-3-5-13-9-19-16(20-10-13)8-7-14-11-17-15(6-4-2)18-12-14/h14-17H,3-13H2,1-2H3;13-16H,3-12H2,1-2H3. The Morgan fingerprint density at radius 3 is 0.927 bits per heavy atom. The summed E-state index contributed by atoms with van der Waals surface area (Å²) in [5.74, 6) is 2.16. The van der Waals surface area contributed by atoms with E-state index in [2.05, 4.69) is 27.7 Å². The highest BCUT2D eigenvalue weighted by atomic mass is 16.7. The molecule has 0 radical (unpaired) electrons. The normalized spacial score (nSPS) is 34.5. The van der Waals surface area contributed by atoms with Crippen LogP contribution in [0.4, 0.5) is 0 Å². The quantitative estimate of drug-likeness (QED) is 0.202. The number of unbranched alkanes of at least 4 members (excludes halogenated alkanes) is 1. The second kappa shape index (κ2) is 21.4. The van der Waals surface area contributed by atoms with Gasteiger partial charge in [-0.1, -0.05) is 59.8 Å². The maximum atomic E-state index is 5.83. The van der Waals surface area contributed by atoms with Gasteiger partial charge in [-0.2, -0.15) is 0 Å². The molecule has 4 rings (SSSR count). The van der Waals surface area contributed by atoms with Crippen LogP contribution in [0, 0.1) is 23.7 Å². The zero-order valence-electron chi connectivity index (χ0n) is 26.7. The van der Waals surface area contributed by atoms with Crippen LogP contribution in [-0.4, -0.2) is 78.0 Å². The van der Waals surface area contributed by atoms with Gasteiger partial charge in [0.1, 0.15) is 0 Å². The summed E-state index contributed by atoms with van der Waals surface area (Å²) in [5.41, 5.74) is 0. The van der Waals surface area contributed by atoms with Crippen molar-refractivity contribution in [1.82, 2.24) is 0 Å². The molecule has 0 aromatic rings. The van der Waals surface area contributed by atoms with Crippen molar-refractivity contribution in [1.29, 1.82) is 0 Å². The van der Waals surface area contributed by atoms with Gasteiger partial charge in [0.05, 0.1) is 52.9 Å². The Labute approximate surface area is 250 Å². The molecule has 4 fully saturated rings. The van der Waals surface area contributed by atoms with Gasteiger partial charge in [0, 0.05) is 23.7 Å². The second-order valence-corrected chi connectivity index (χ2v) is 12.5. The van der Waals surface area contributed by atoms with E-state index in [0.717, 1.165) is 104 Å². The highest BCUT2D eigenvalue weighted by molar-refractivity contribution is 4.69. The second-order valence-electron chi connectivity index (χ2n) is 12.5. The predicted octanol–water partition coefficient (Wildman–Crippen LogP) is 7.08. The molecule has 0 unspecified atom stereocenters. The average molecular weight is 587 g/mol. The molecule has 0 N–H and O–H groups in total. The molecule has 242 valence electrons. The van der Waals surface area contributed by atoms with Crippen molar-refractivity contribution in [3.05, 3.63) is 0 Å². The molecule has 0 spiro atoms. The van der Waals surface area contributed by atoms with Crippen LogP contribution >= 0.6 is 0 Å². The lowest BCUT2D eigenvalue weighted by atomic mass is 10.0. The van der Waals surface area contributed by atoms with Gasteiger partial charge in [0.15, 0.2) is 25.2 Å². The monoisotopic (exact) mass is 586 g/mol. The lowest BCUT2D eigenvalue weighted by molar-refractivity contribution is -0.219. The Kier molecular flexibility index (Phi) is 18.3. The summed E-state index contributed by atoms with van der Waals surface area (Å²) < 4.78 is 46.1. The molecule has 0 bridgehead atoms. The predicted molar refractivity (Wildman–Crippen MR) is 159 cm³/mol. The summed E-state index contributed by atoms with van der Waals surface area (Å²) in [6.07, 6.45) is 14.4. The zero-order valence-corrected chi connectivity index (χ0v) is 26.7. The first kappa shape index (κ1) is 35.2. The Hall–Kier alpha value is -0.320. The van der Waals surface area contributed by atoms with Gasteiger partial charge >= 0.3 is 0 Å². The van der Waals surface area contributed by atoms with Crippen LogP contribution in [0.3, 0.4) is 0 Å². The minimum atomic E-state index is -0.0174. The van der Waals surface area contributed by atoms with Crippen LogP contribution in [0.25, 0.3) is 0 Å². The zero-order chi connectivity index (χ0) is 29.1. The molecule has 4 aliphatic heterocycles. The minimum Gasteiger partial charge on any atom is -0.352 e. The smallest absolute Gasteiger partial charge is 0.157 e. The van der Waals surface area contributed by atoms with E-state index >= 15 is 0 Å². The fraction of sp³-hybridized carbons (Fsp3) is 1.00. The third-order valence-corrected chi connectivity index (χ3v) is 8.48. The lowest BCUT2D eigenvalue weighted by Crippen LogP contribution is -2.35. The maximum Gasteiger partial charge on any atom is 0.157 e. The number of ether oxygens (including phenoxy) is 8. The van der Waals surface area contributed by atoms with Crippen LogP contribution in [-0.2, 0) is 37.9 Å². The van der Waals surface area contributed by atoms with Crippen molar-refractivity contribution in [2.24, 2.45) is 23.7 Å². The number of hydrogen-bond acceptors (Lipinski definition) is 8. The molecule has 4 aliphatic rings. The van der Waals surface area contributed by atoms with E-state index in [4.69, 9.17) is 37.9 Å². The Morgan fingerprint density at radius 2 is 0.610 bits per heavy atom. The van der Waals surface area contributed by atoms with E-state index in [1.54, 1.807) is 0 Å². The van der Waals surface area contributed by atoms with E-state index in [0.29, 0.717) is 23.7 Å². The Balaban J connectivity index is 0.000000226. The summed E-state index contributed by atoms with van der Waals surface area (Å²) in [4.78, 5) is 0. The first-order chi connectivity index (χ1) is 20.1. The first-order valence-corrected chi connectivity index (χ1v) is 17.1. The van der Waals surface area contributed by atoms with E-state index in [9.17, 15) is 0 Å². The minimum absolute atomic E-state index is 0.0172. The topological polar surface area (TPSA) is 73.8 Å². The van der Waals surface area contributed by atoms with E-state index in [-0.39, 0.29) is 25.2 Å². The van der Waals surface area contributed by atoms with Gasteiger partial charge < -0.3 is 37.9 Å². The van der Waals surface area contributed by atoms with Crippen molar-refractivity contribution >= 4 is 0 Å². The lowest BCUT2D eigenvalue weighted by Gasteiger charge is -2.32.